The molecule has 4 nitrogen and oxygen atoms in total. The number of hydrogen-bond acceptors (Lipinski definition) is 3. The smallest absolute Gasteiger partial charge is 0.166 e. The molecule has 0 aliphatic heterocycles. The Morgan fingerprint density at radius 2 is 2.00 bits per heavy atom. The number of benzene rings is 1. The number of methoxy groups -OCH3 is 1. The third-order valence-electron chi connectivity index (χ3n) is 3.56. The van der Waals surface area contributed by atoms with Gasteiger partial charge in [0.2, 0.25) is 0 Å². The Morgan fingerprint density at radius 1 is 1.26 bits per heavy atom. The minimum Gasteiger partial charge on any atom is -0.497 e. The van der Waals surface area contributed by atoms with Crippen LogP contribution in [0.5, 0.6) is 5.75 Å². The zero-order valence-electron chi connectivity index (χ0n) is 11.1. The topological polar surface area (TPSA) is 44.1 Å². The predicted molar refractivity (Wildman–Crippen MR) is 71.9 cm³/mol. The Balaban J connectivity index is 2.04. The van der Waals surface area contributed by atoms with E-state index in [4.69, 9.17) is 4.74 Å². The Labute approximate surface area is 112 Å². The van der Waals surface area contributed by atoms with Crippen molar-refractivity contribution in [3.63, 3.8) is 0 Å². The fraction of sp³-hybridized carbons (Fsp3) is 0.333. The van der Waals surface area contributed by atoms with Crippen LogP contribution in [0.1, 0.15) is 29.4 Å². The molecule has 1 atom stereocenters. The summed E-state index contributed by atoms with van der Waals surface area (Å²) in [6.45, 7) is 2.10. The average molecular weight is 256 g/mol. The van der Waals surface area contributed by atoms with Crippen molar-refractivity contribution in [2.75, 3.05) is 7.11 Å². The minimum atomic E-state index is 0.202. The highest BCUT2D eigenvalue weighted by Gasteiger charge is 2.26. The molecule has 0 spiro atoms. The van der Waals surface area contributed by atoms with Crippen LogP contribution in [0, 0.1) is 5.92 Å². The van der Waals surface area contributed by atoms with Gasteiger partial charge in [0, 0.05) is 6.42 Å². The molecule has 1 aliphatic carbocycles. The zero-order valence-corrected chi connectivity index (χ0v) is 11.1. The lowest BCUT2D eigenvalue weighted by Crippen LogP contribution is -2.19. The van der Waals surface area contributed by atoms with Crippen LogP contribution >= 0.6 is 0 Å². The van der Waals surface area contributed by atoms with Crippen LogP contribution in [0.15, 0.2) is 30.5 Å². The quantitative estimate of drug-likeness (QED) is 0.829. The second-order valence-corrected chi connectivity index (χ2v) is 5.05. The largest absolute Gasteiger partial charge is 0.497 e. The summed E-state index contributed by atoms with van der Waals surface area (Å²) in [5, 5.41) is 4.36. The lowest BCUT2D eigenvalue weighted by atomic mass is 9.88. The van der Waals surface area contributed by atoms with E-state index in [1.807, 2.05) is 28.9 Å². The van der Waals surface area contributed by atoms with Crippen molar-refractivity contribution < 1.29 is 9.53 Å². The Hall–Kier alpha value is -2.10. The van der Waals surface area contributed by atoms with Gasteiger partial charge in [-0.15, -0.1) is 0 Å². The number of carbonyl (C=O) groups is 1. The molecule has 0 N–H and O–H groups in total. The molecule has 1 aliphatic rings. The molecule has 0 saturated carbocycles. The molecule has 1 heterocycles. The van der Waals surface area contributed by atoms with E-state index in [9.17, 15) is 4.79 Å². The van der Waals surface area contributed by atoms with Crippen LogP contribution in [0.2, 0.25) is 0 Å². The first kappa shape index (κ1) is 12.0. The highest BCUT2D eigenvalue weighted by atomic mass is 16.5. The summed E-state index contributed by atoms with van der Waals surface area (Å²) < 4.78 is 7.01. The minimum absolute atomic E-state index is 0.202. The molecule has 4 heteroatoms. The summed E-state index contributed by atoms with van der Waals surface area (Å²) in [4.78, 5) is 12.0. The molecule has 0 radical (unpaired) electrons. The first-order chi connectivity index (χ1) is 9.19. The van der Waals surface area contributed by atoms with Gasteiger partial charge >= 0.3 is 0 Å². The number of rotatable bonds is 2. The van der Waals surface area contributed by atoms with Crippen LogP contribution in [-0.4, -0.2) is 22.7 Å². The van der Waals surface area contributed by atoms with Crippen LogP contribution < -0.4 is 4.74 Å². The van der Waals surface area contributed by atoms with Crippen molar-refractivity contribution in [1.29, 1.82) is 0 Å². The van der Waals surface area contributed by atoms with Gasteiger partial charge in [-0.05, 0) is 36.6 Å². The van der Waals surface area contributed by atoms with Gasteiger partial charge in [0.1, 0.15) is 5.75 Å². The lowest BCUT2D eigenvalue weighted by Gasteiger charge is -2.18. The first-order valence-electron chi connectivity index (χ1n) is 6.43. The van der Waals surface area contributed by atoms with Crippen LogP contribution in [0.25, 0.3) is 5.69 Å². The first-order valence-corrected chi connectivity index (χ1v) is 6.43. The Kier molecular flexibility index (Phi) is 2.85. The van der Waals surface area contributed by atoms with Gasteiger partial charge in [-0.1, -0.05) is 6.92 Å². The van der Waals surface area contributed by atoms with Gasteiger partial charge in [-0.2, -0.15) is 5.10 Å². The fourth-order valence-corrected chi connectivity index (χ4v) is 2.58. The maximum atomic E-state index is 12.0. The number of aromatic nitrogens is 2. The Morgan fingerprint density at radius 3 is 2.68 bits per heavy atom. The van der Waals surface area contributed by atoms with E-state index in [2.05, 4.69) is 12.0 Å². The van der Waals surface area contributed by atoms with Gasteiger partial charge in [0.25, 0.3) is 0 Å². The predicted octanol–water partition coefficient (Wildman–Crippen LogP) is 2.65. The van der Waals surface area contributed by atoms with E-state index >= 15 is 0 Å². The molecule has 1 aromatic heterocycles. The average Bonchev–Trinajstić information content (AvgIpc) is 2.83. The molecule has 0 saturated heterocycles. The maximum Gasteiger partial charge on any atom is 0.166 e. The number of hydrogen-bond donors (Lipinski definition) is 0. The number of ketones is 1. The van der Waals surface area contributed by atoms with E-state index in [0.717, 1.165) is 29.1 Å². The summed E-state index contributed by atoms with van der Waals surface area (Å²) in [7, 11) is 1.64. The van der Waals surface area contributed by atoms with E-state index in [1.54, 1.807) is 13.3 Å². The maximum absolute atomic E-state index is 12.0. The summed E-state index contributed by atoms with van der Waals surface area (Å²) in [6.07, 6.45) is 3.21. The summed E-state index contributed by atoms with van der Waals surface area (Å²) in [6, 6.07) is 7.71. The summed E-state index contributed by atoms with van der Waals surface area (Å²) in [5.74, 6) is 1.40. The van der Waals surface area contributed by atoms with Crippen molar-refractivity contribution in [3.8, 4) is 11.4 Å². The van der Waals surface area contributed by atoms with Crippen molar-refractivity contribution in [2.24, 2.45) is 5.92 Å². The molecule has 3 rings (SSSR count). The van der Waals surface area contributed by atoms with Crippen molar-refractivity contribution in [2.45, 2.75) is 19.8 Å². The van der Waals surface area contributed by atoms with Crippen molar-refractivity contribution >= 4 is 5.78 Å². The van der Waals surface area contributed by atoms with E-state index in [-0.39, 0.29) is 5.78 Å². The highest BCUT2D eigenvalue weighted by Crippen LogP contribution is 2.27. The normalized spacial score (nSPS) is 18.2. The zero-order chi connectivity index (χ0) is 13.4. The molecular weight excluding hydrogens is 240 g/mol. The number of ether oxygens (including phenoxy) is 1. The second kappa shape index (κ2) is 4.53. The van der Waals surface area contributed by atoms with E-state index < -0.39 is 0 Å². The number of fused-ring (bicyclic) bond motifs is 1. The number of carbonyl (C=O) groups excluding carboxylic acids is 1. The van der Waals surface area contributed by atoms with Gasteiger partial charge < -0.3 is 4.74 Å². The van der Waals surface area contributed by atoms with Gasteiger partial charge in [0.15, 0.2) is 5.78 Å². The van der Waals surface area contributed by atoms with Crippen LogP contribution in [0.4, 0.5) is 0 Å². The summed E-state index contributed by atoms with van der Waals surface area (Å²) >= 11 is 0. The third kappa shape index (κ3) is 2.03. The van der Waals surface area contributed by atoms with Crippen LogP contribution in [0.3, 0.4) is 0 Å². The molecule has 19 heavy (non-hydrogen) atoms. The molecule has 1 aromatic carbocycles. The van der Waals surface area contributed by atoms with E-state index in [1.165, 1.54) is 0 Å². The molecule has 98 valence electrons. The van der Waals surface area contributed by atoms with E-state index in [0.29, 0.717) is 12.3 Å². The van der Waals surface area contributed by atoms with Crippen LogP contribution in [-0.2, 0) is 6.42 Å². The summed E-state index contributed by atoms with van der Waals surface area (Å²) in [5.41, 5.74) is 2.76. The Bertz CT molecular complexity index is 614. The third-order valence-corrected chi connectivity index (χ3v) is 3.56. The van der Waals surface area contributed by atoms with Gasteiger partial charge in [-0.25, -0.2) is 4.68 Å². The highest BCUT2D eigenvalue weighted by molar-refractivity contribution is 5.98. The van der Waals surface area contributed by atoms with Crippen molar-refractivity contribution in [1.82, 2.24) is 9.78 Å². The monoisotopic (exact) mass is 256 g/mol. The van der Waals surface area contributed by atoms with Gasteiger partial charge in [0.05, 0.1) is 30.3 Å². The van der Waals surface area contributed by atoms with Gasteiger partial charge in [-0.3, -0.25) is 4.79 Å². The SMILES string of the molecule is COc1ccc(-n2ncc3c2CC(C)CC3=O)cc1. The van der Waals surface area contributed by atoms with Crippen molar-refractivity contribution in [3.05, 3.63) is 41.7 Å². The second-order valence-electron chi connectivity index (χ2n) is 5.05. The molecule has 1 unspecified atom stereocenters. The lowest BCUT2D eigenvalue weighted by molar-refractivity contribution is 0.0952. The standard InChI is InChI=1S/C15H16N2O2/c1-10-7-14-13(15(18)8-10)9-16-17(14)11-3-5-12(19-2)6-4-11/h3-6,9-10H,7-8H2,1-2H3. The molecular formula is C15H16N2O2. The number of Topliss-reactive ketones (excluding diaryl/α,β-unsaturated/α-hetero) is 1. The molecule has 0 fully saturated rings. The molecule has 0 amide bonds. The molecule has 0 bridgehead atoms. The molecule has 2 aromatic rings. The number of nitrogens with zero attached hydrogens (tertiary/aromatic N) is 2. The fourth-order valence-electron chi connectivity index (χ4n) is 2.58.